The maximum absolute atomic E-state index is 12.6. The van der Waals surface area contributed by atoms with Crippen molar-refractivity contribution in [2.75, 3.05) is 18.8 Å². The van der Waals surface area contributed by atoms with Crippen LogP contribution in [0.5, 0.6) is 0 Å². The average molecular weight is 260 g/mol. The number of nitrogens with zero attached hydrogens (tertiary/aromatic N) is 1. The highest BCUT2D eigenvalue weighted by Gasteiger charge is 2.26. The van der Waals surface area contributed by atoms with Crippen molar-refractivity contribution in [3.8, 4) is 0 Å². The summed E-state index contributed by atoms with van der Waals surface area (Å²) in [5.74, 6) is 0.148. The van der Waals surface area contributed by atoms with E-state index in [1.807, 2.05) is 30.0 Å². The van der Waals surface area contributed by atoms with Gasteiger partial charge in [0.1, 0.15) is 0 Å². The number of aryl methyl sites for hydroxylation is 1. The topological polar surface area (TPSA) is 46.3 Å². The van der Waals surface area contributed by atoms with Gasteiger partial charge in [0.05, 0.1) is 0 Å². The molecule has 1 heterocycles. The summed E-state index contributed by atoms with van der Waals surface area (Å²) in [5, 5.41) is 0. The number of nitrogen functional groups attached to an aromatic ring is 1. The Morgan fingerprint density at radius 3 is 2.68 bits per heavy atom. The Balaban J connectivity index is 2.15. The Hall–Kier alpha value is -1.51. The van der Waals surface area contributed by atoms with Gasteiger partial charge in [-0.2, -0.15) is 0 Å². The van der Waals surface area contributed by atoms with Crippen LogP contribution in [0.2, 0.25) is 0 Å². The van der Waals surface area contributed by atoms with Gasteiger partial charge in [0.2, 0.25) is 0 Å². The van der Waals surface area contributed by atoms with Gasteiger partial charge >= 0.3 is 0 Å². The van der Waals surface area contributed by atoms with Crippen LogP contribution in [-0.2, 0) is 0 Å². The lowest BCUT2D eigenvalue weighted by Crippen LogP contribution is -2.32. The lowest BCUT2D eigenvalue weighted by atomic mass is 9.85. The molecule has 0 radical (unpaired) electrons. The van der Waals surface area contributed by atoms with Crippen LogP contribution >= 0.6 is 0 Å². The molecule has 0 spiro atoms. The Bertz CT molecular complexity index is 480. The summed E-state index contributed by atoms with van der Waals surface area (Å²) in [4.78, 5) is 14.6. The minimum absolute atomic E-state index is 0.148. The molecule has 3 nitrogen and oxygen atoms in total. The van der Waals surface area contributed by atoms with Crippen LogP contribution < -0.4 is 5.73 Å². The fourth-order valence-electron chi connectivity index (χ4n) is 2.72. The fraction of sp³-hybridized carbons (Fsp3) is 0.562. The number of carbonyl (C=O) groups excluding carboxylic acids is 1. The molecular weight excluding hydrogens is 236 g/mol. The van der Waals surface area contributed by atoms with Crippen molar-refractivity contribution >= 4 is 11.6 Å². The summed E-state index contributed by atoms with van der Waals surface area (Å²) < 4.78 is 0. The molecule has 1 aromatic carbocycles. The minimum atomic E-state index is 0.148. The number of benzene rings is 1. The summed E-state index contributed by atoms with van der Waals surface area (Å²) >= 11 is 0. The number of likely N-dealkylation sites (tertiary alicyclic amines) is 1. The van der Waals surface area contributed by atoms with Crippen LogP contribution in [-0.4, -0.2) is 23.9 Å². The van der Waals surface area contributed by atoms with Crippen LogP contribution in [0, 0.1) is 12.3 Å². The normalized spacial score (nSPS) is 19.0. The summed E-state index contributed by atoms with van der Waals surface area (Å²) in [7, 11) is 0. The Morgan fingerprint density at radius 1 is 1.26 bits per heavy atom. The molecule has 0 bridgehead atoms. The molecule has 0 atom stereocenters. The van der Waals surface area contributed by atoms with Gasteiger partial charge in [-0.3, -0.25) is 4.79 Å². The van der Waals surface area contributed by atoms with E-state index in [1.54, 1.807) is 0 Å². The van der Waals surface area contributed by atoms with Crippen molar-refractivity contribution in [1.82, 2.24) is 4.90 Å². The molecule has 2 rings (SSSR count). The van der Waals surface area contributed by atoms with Gasteiger partial charge in [-0.15, -0.1) is 0 Å². The highest BCUT2D eigenvalue weighted by molar-refractivity contribution is 5.96. The van der Waals surface area contributed by atoms with Crippen LogP contribution in [0.25, 0.3) is 0 Å². The molecule has 1 amide bonds. The first-order valence-corrected chi connectivity index (χ1v) is 7.04. The van der Waals surface area contributed by atoms with Gasteiger partial charge in [-0.25, -0.2) is 0 Å². The number of rotatable bonds is 1. The number of anilines is 1. The molecule has 0 saturated carbocycles. The second-order valence-electron chi connectivity index (χ2n) is 6.38. The van der Waals surface area contributed by atoms with Crippen molar-refractivity contribution in [2.45, 2.75) is 40.0 Å². The Kier molecular flexibility index (Phi) is 3.83. The lowest BCUT2D eigenvalue weighted by Gasteiger charge is -2.24. The van der Waals surface area contributed by atoms with Crippen LogP contribution in [0.15, 0.2) is 18.2 Å². The second kappa shape index (κ2) is 5.24. The Morgan fingerprint density at radius 2 is 2.00 bits per heavy atom. The van der Waals surface area contributed by atoms with Gasteiger partial charge in [0.15, 0.2) is 0 Å². The summed E-state index contributed by atoms with van der Waals surface area (Å²) in [6.45, 7) is 8.25. The van der Waals surface area contributed by atoms with Gasteiger partial charge < -0.3 is 10.6 Å². The van der Waals surface area contributed by atoms with Crippen LogP contribution in [0.1, 0.15) is 49.0 Å². The maximum Gasteiger partial charge on any atom is 0.254 e. The SMILES string of the molecule is Cc1cc(N)ccc1C(=O)N1CCCC(C)(C)CC1. The molecule has 0 unspecified atom stereocenters. The molecule has 19 heavy (non-hydrogen) atoms. The average Bonchev–Trinajstić information content (AvgIpc) is 2.49. The molecule has 1 fully saturated rings. The summed E-state index contributed by atoms with van der Waals surface area (Å²) in [5.41, 5.74) is 8.56. The second-order valence-corrected chi connectivity index (χ2v) is 6.38. The molecule has 2 N–H and O–H groups in total. The molecule has 104 valence electrons. The minimum Gasteiger partial charge on any atom is -0.399 e. The lowest BCUT2D eigenvalue weighted by molar-refractivity contribution is 0.0756. The number of hydrogen-bond acceptors (Lipinski definition) is 2. The van der Waals surface area contributed by atoms with Crippen molar-refractivity contribution in [3.05, 3.63) is 29.3 Å². The Labute approximate surface area is 115 Å². The molecule has 1 aliphatic heterocycles. The summed E-state index contributed by atoms with van der Waals surface area (Å²) in [6, 6.07) is 5.53. The molecule has 0 aliphatic carbocycles. The highest BCUT2D eigenvalue weighted by Crippen LogP contribution is 2.30. The monoisotopic (exact) mass is 260 g/mol. The zero-order valence-electron chi connectivity index (χ0n) is 12.2. The quantitative estimate of drug-likeness (QED) is 0.788. The largest absolute Gasteiger partial charge is 0.399 e. The van der Waals surface area contributed by atoms with Gasteiger partial charge in [-0.05, 0) is 55.4 Å². The maximum atomic E-state index is 12.6. The standard InChI is InChI=1S/C16H24N2O/c1-12-11-13(17)5-6-14(12)15(19)18-9-4-7-16(2,3)8-10-18/h5-6,11H,4,7-10,17H2,1-3H3. The zero-order valence-corrected chi connectivity index (χ0v) is 12.2. The zero-order chi connectivity index (χ0) is 14.0. The van der Waals surface area contributed by atoms with Crippen molar-refractivity contribution in [3.63, 3.8) is 0 Å². The third kappa shape index (κ3) is 3.28. The van der Waals surface area contributed by atoms with Crippen molar-refractivity contribution < 1.29 is 4.79 Å². The number of amides is 1. The smallest absolute Gasteiger partial charge is 0.254 e. The first-order valence-electron chi connectivity index (χ1n) is 7.04. The molecular formula is C16H24N2O. The first-order chi connectivity index (χ1) is 8.89. The van der Waals surface area contributed by atoms with Crippen molar-refractivity contribution in [1.29, 1.82) is 0 Å². The number of carbonyl (C=O) groups is 1. The number of hydrogen-bond donors (Lipinski definition) is 1. The van der Waals surface area contributed by atoms with Crippen molar-refractivity contribution in [2.24, 2.45) is 5.41 Å². The third-order valence-corrected chi connectivity index (χ3v) is 4.11. The molecule has 1 aliphatic rings. The highest BCUT2D eigenvalue weighted by atomic mass is 16.2. The van der Waals surface area contributed by atoms with Gasteiger partial charge in [0.25, 0.3) is 5.91 Å². The van der Waals surface area contributed by atoms with E-state index in [0.717, 1.165) is 37.1 Å². The molecule has 0 aromatic heterocycles. The predicted octanol–water partition coefficient (Wildman–Crippen LogP) is 3.23. The van der Waals surface area contributed by atoms with Crippen LogP contribution in [0.4, 0.5) is 5.69 Å². The molecule has 1 aromatic rings. The van der Waals surface area contributed by atoms with E-state index in [-0.39, 0.29) is 5.91 Å². The fourth-order valence-corrected chi connectivity index (χ4v) is 2.72. The van der Waals surface area contributed by atoms with E-state index in [9.17, 15) is 4.79 Å². The molecule has 1 saturated heterocycles. The van der Waals surface area contributed by atoms with E-state index in [4.69, 9.17) is 5.73 Å². The predicted molar refractivity (Wildman–Crippen MR) is 79.1 cm³/mol. The van der Waals surface area contributed by atoms with E-state index in [2.05, 4.69) is 13.8 Å². The van der Waals surface area contributed by atoms with E-state index < -0.39 is 0 Å². The van der Waals surface area contributed by atoms with Crippen LogP contribution in [0.3, 0.4) is 0 Å². The third-order valence-electron chi connectivity index (χ3n) is 4.11. The summed E-state index contributed by atoms with van der Waals surface area (Å²) in [6.07, 6.45) is 3.36. The van der Waals surface area contributed by atoms with E-state index >= 15 is 0 Å². The van der Waals surface area contributed by atoms with E-state index in [0.29, 0.717) is 11.1 Å². The van der Waals surface area contributed by atoms with Gasteiger partial charge in [0, 0.05) is 24.3 Å². The van der Waals surface area contributed by atoms with E-state index in [1.165, 1.54) is 6.42 Å². The molecule has 3 heteroatoms. The first kappa shape index (κ1) is 13.9. The van der Waals surface area contributed by atoms with Gasteiger partial charge in [-0.1, -0.05) is 13.8 Å². The number of nitrogens with two attached hydrogens (primary N) is 1.